The first-order valence-corrected chi connectivity index (χ1v) is 9.44. The van der Waals surface area contributed by atoms with Crippen LogP contribution in [0.2, 0.25) is 0 Å². The molecule has 150 valence electrons. The summed E-state index contributed by atoms with van der Waals surface area (Å²) in [6.45, 7) is 2.59. The van der Waals surface area contributed by atoms with Crippen molar-refractivity contribution in [2.24, 2.45) is 0 Å². The Labute approximate surface area is 165 Å². The minimum absolute atomic E-state index is 0.00500. The van der Waals surface area contributed by atoms with E-state index in [1.54, 1.807) is 19.1 Å². The summed E-state index contributed by atoms with van der Waals surface area (Å²) in [5.41, 5.74) is 1.94. The Morgan fingerprint density at radius 3 is 2.36 bits per heavy atom. The number of hydrogen-bond donors (Lipinski definition) is 2. The Bertz CT molecular complexity index is 794. The molecule has 0 saturated carbocycles. The molecule has 0 aliphatic heterocycles. The molecule has 2 amide bonds. The van der Waals surface area contributed by atoms with Crippen LogP contribution in [0.4, 0.5) is 9.18 Å². The number of halogens is 1. The number of rotatable bonds is 9. The van der Waals surface area contributed by atoms with Gasteiger partial charge in [-0.3, -0.25) is 4.79 Å². The highest BCUT2D eigenvalue weighted by atomic mass is 19.1. The number of amides is 2. The number of hydrogen-bond acceptors (Lipinski definition) is 3. The first-order valence-electron chi connectivity index (χ1n) is 9.44. The second kappa shape index (κ2) is 10.6. The van der Waals surface area contributed by atoms with Crippen LogP contribution in [0, 0.1) is 5.82 Å². The minimum Gasteiger partial charge on any atom is -0.337 e. The number of ketones is 1. The molecule has 5 nitrogen and oxygen atoms in total. The molecular formula is C22H28FN3O2. The van der Waals surface area contributed by atoms with Crippen LogP contribution in [0.1, 0.15) is 34.8 Å². The molecule has 0 radical (unpaired) electrons. The molecule has 0 aromatic heterocycles. The summed E-state index contributed by atoms with van der Waals surface area (Å²) in [5, 5.41) is 5.69. The Morgan fingerprint density at radius 1 is 1.04 bits per heavy atom. The van der Waals surface area contributed by atoms with Crippen LogP contribution in [0.3, 0.4) is 0 Å². The SMILES string of the molecule is CCC(=O)c1ccc(C[C@@H](CNC(=O)NCc2ccccc2)N(C)C)cc1F. The number of nitrogens with one attached hydrogen (secondary N) is 2. The van der Waals surface area contributed by atoms with E-state index in [4.69, 9.17) is 0 Å². The molecule has 2 aromatic carbocycles. The van der Waals surface area contributed by atoms with E-state index in [-0.39, 0.29) is 29.8 Å². The molecule has 0 aliphatic rings. The van der Waals surface area contributed by atoms with Gasteiger partial charge in [0.2, 0.25) is 0 Å². The Hall–Kier alpha value is -2.73. The maximum atomic E-state index is 14.2. The Morgan fingerprint density at radius 2 is 1.75 bits per heavy atom. The first kappa shape index (κ1) is 21.6. The highest BCUT2D eigenvalue weighted by Crippen LogP contribution is 2.15. The summed E-state index contributed by atoms with van der Waals surface area (Å²) in [6.07, 6.45) is 0.835. The maximum absolute atomic E-state index is 14.2. The molecule has 0 bridgehead atoms. The van der Waals surface area contributed by atoms with Crippen LogP contribution in [-0.4, -0.2) is 43.4 Å². The number of nitrogens with zero attached hydrogens (tertiary/aromatic N) is 1. The topological polar surface area (TPSA) is 61.4 Å². The van der Waals surface area contributed by atoms with Gasteiger partial charge in [-0.15, -0.1) is 0 Å². The van der Waals surface area contributed by atoms with Gasteiger partial charge < -0.3 is 15.5 Å². The lowest BCUT2D eigenvalue weighted by Gasteiger charge is -2.25. The van der Waals surface area contributed by atoms with Crippen molar-refractivity contribution in [2.75, 3.05) is 20.6 Å². The van der Waals surface area contributed by atoms with Crippen molar-refractivity contribution in [2.45, 2.75) is 32.4 Å². The average molecular weight is 385 g/mol. The van der Waals surface area contributed by atoms with Gasteiger partial charge in [0.1, 0.15) is 5.82 Å². The average Bonchev–Trinajstić information content (AvgIpc) is 2.69. The zero-order chi connectivity index (χ0) is 20.5. The van der Waals surface area contributed by atoms with Gasteiger partial charge in [-0.05, 0) is 43.8 Å². The number of Topliss-reactive ketones (excluding diaryl/α,β-unsaturated/α-hetero) is 1. The van der Waals surface area contributed by atoms with E-state index >= 15 is 0 Å². The van der Waals surface area contributed by atoms with Crippen molar-refractivity contribution in [3.8, 4) is 0 Å². The molecular weight excluding hydrogens is 357 g/mol. The quantitative estimate of drug-likeness (QED) is 0.651. The molecule has 2 rings (SSSR count). The van der Waals surface area contributed by atoms with Gasteiger partial charge in [0.05, 0.1) is 5.56 Å². The predicted octanol–water partition coefficient (Wildman–Crippen LogP) is 3.39. The fourth-order valence-electron chi connectivity index (χ4n) is 2.86. The summed E-state index contributed by atoms with van der Waals surface area (Å²) >= 11 is 0. The van der Waals surface area contributed by atoms with Crippen LogP contribution >= 0.6 is 0 Å². The zero-order valence-corrected chi connectivity index (χ0v) is 16.7. The van der Waals surface area contributed by atoms with Gasteiger partial charge in [-0.2, -0.15) is 0 Å². The summed E-state index contributed by atoms with van der Waals surface area (Å²) in [7, 11) is 3.83. The van der Waals surface area contributed by atoms with Gasteiger partial charge >= 0.3 is 6.03 Å². The molecule has 0 fully saturated rings. The van der Waals surface area contributed by atoms with Crippen LogP contribution in [0.15, 0.2) is 48.5 Å². The first-order chi connectivity index (χ1) is 13.4. The highest BCUT2D eigenvalue weighted by Gasteiger charge is 2.16. The lowest BCUT2D eigenvalue weighted by atomic mass is 10.0. The minimum atomic E-state index is -0.490. The fourth-order valence-corrected chi connectivity index (χ4v) is 2.86. The monoisotopic (exact) mass is 385 g/mol. The molecule has 28 heavy (non-hydrogen) atoms. The molecule has 0 aliphatic carbocycles. The summed E-state index contributed by atoms with van der Waals surface area (Å²) < 4.78 is 14.2. The molecule has 6 heteroatoms. The molecule has 0 spiro atoms. The third kappa shape index (κ3) is 6.46. The Balaban J connectivity index is 1.90. The predicted molar refractivity (Wildman–Crippen MR) is 109 cm³/mol. The summed E-state index contributed by atoms with van der Waals surface area (Å²) in [4.78, 5) is 25.8. The van der Waals surface area contributed by atoms with Crippen LogP contribution in [0.5, 0.6) is 0 Å². The Kier molecular flexibility index (Phi) is 8.14. The number of carbonyl (C=O) groups is 2. The van der Waals surface area contributed by atoms with Crippen molar-refractivity contribution < 1.29 is 14.0 Å². The second-order valence-corrected chi connectivity index (χ2v) is 6.96. The van der Waals surface area contributed by atoms with E-state index in [9.17, 15) is 14.0 Å². The van der Waals surface area contributed by atoms with Gasteiger partial charge in [0, 0.05) is 25.6 Å². The zero-order valence-electron chi connectivity index (χ0n) is 16.7. The number of urea groups is 1. The fraction of sp³-hybridized carbons (Fsp3) is 0.364. The smallest absolute Gasteiger partial charge is 0.315 e. The molecule has 0 heterocycles. The second-order valence-electron chi connectivity index (χ2n) is 6.96. The van der Waals surface area contributed by atoms with E-state index in [0.717, 1.165) is 11.1 Å². The van der Waals surface area contributed by atoms with Crippen molar-refractivity contribution in [3.63, 3.8) is 0 Å². The largest absolute Gasteiger partial charge is 0.337 e. The maximum Gasteiger partial charge on any atom is 0.315 e. The van der Waals surface area contributed by atoms with Crippen LogP contribution in [-0.2, 0) is 13.0 Å². The van der Waals surface area contributed by atoms with Crippen molar-refractivity contribution in [3.05, 3.63) is 71.0 Å². The van der Waals surface area contributed by atoms with E-state index in [2.05, 4.69) is 10.6 Å². The standard InChI is InChI=1S/C22H28FN3O2/c1-4-21(27)19-11-10-17(13-20(19)23)12-18(26(2)3)15-25-22(28)24-14-16-8-6-5-7-9-16/h5-11,13,18H,4,12,14-15H2,1-3H3,(H2,24,25,28)/t18-/m0/s1. The van der Waals surface area contributed by atoms with Crippen molar-refractivity contribution in [1.82, 2.24) is 15.5 Å². The third-order valence-electron chi connectivity index (χ3n) is 4.65. The van der Waals surface area contributed by atoms with Gasteiger partial charge in [-0.1, -0.05) is 43.3 Å². The molecule has 0 saturated heterocycles. The lowest BCUT2D eigenvalue weighted by Crippen LogP contribution is -2.44. The molecule has 2 N–H and O–H groups in total. The van der Waals surface area contributed by atoms with E-state index < -0.39 is 5.82 Å². The van der Waals surface area contributed by atoms with Crippen LogP contribution < -0.4 is 10.6 Å². The van der Waals surface area contributed by atoms with E-state index in [0.29, 0.717) is 19.5 Å². The number of carbonyl (C=O) groups excluding carboxylic acids is 2. The van der Waals surface area contributed by atoms with Gasteiger partial charge in [0.15, 0.2) is 5.78 Å². The van der Waals surface area contributed by atoms with E-state index in [1.807, 2.05) is 49.3 Å². The highest BCUT2D eigenvalue weighted by molar-refractivity contribution is 5.96. The van der Waals surface area contributed by atoms with Crippen molar-refractivity contribution >= 4 is 11.8 Å². The molecule has 2 aromatic rings. The van der Waals surface area contributed by atoms with Crippen LogP contribution in [0.25, 0.3) is 0 Å². The van der Waals surface area contributed by atoms with E-state index in [1.165, 1.54) is 6.07 Å². The van der Waals surface area contributed by atoms with Gasteiger partial charge in [-0.25, -0.2) is 9.18 Å². The summed E-state index contributed by atoms with van der Waals surface area (Å²) in [6, 6.07) is 14.2. The molecule has 1 atom stereocenters. The normalized spacial score (nSPS) is 11.9. The number of likely N-dealkylation sites (N-methyl/N-ethyl adjacent to an activating group) is 1. The molecule has 0 unspecified atom stereocenters. The lowest BCUT2D eigenvalue weighted by molar-refractivity contribution is 0.0984. The third-order valence-corrected chi connectivity index (χ3v) is 4.65. The van der Waals surface area contributed by atoms with Gasteiger partial charge in [0.25, 0.3) is 0 Å². The van der Waals surface area contributed by atoms with Crippen molar-refractivity contribution in [1.29, 1.82) is 0 Å². The number of benzene rings is 2. The summed E-state index contributed by atoms with van der Waals surface area (Å²) in [5.74, 6) is -0.694.